The largest absolute Gasteiger partial charge is 0.459 e. The van der Waals surface area contributed by atoms with Crippen molar-refractivity contribution in [1.29, 1.82) is 0 Å². The lowest BCUT2D eigenvalue weighted by molar-refractivity contribution is -0.461. The van der Waals surface area contributed by atoms with E-state index in [-0.39, 0.29) is 43.2 Å². The zero-order valence-corrected chi connectivity index (χ0v) is 33.1. The van der Waals surface area contributed by atoms with Crippen LogP contribution in [0, 0.1) is 5.41 Å². The van der Waals surface area contributed by atoms with Crippen LogP contribution in [0.15, 0.2) is 91.0 Å². The number of thioether (sulfide) groups is 1. The van der Waals surface area contributed by atoms with E-state index in [9.17, 15) is 19.2 Å². The number of hydrogen-bond donors (Lipinski definition) is 2. The molecule has 2 unspecified atom stereocenters. The van der Waals surface area contributed by atoms with Crippen LogP contribution in [0.2, 0.25) is 0 Å². The van der Waals surface area contributed by atoms with E-state index in [1.807, 2.05) is 105 Å². The second-order valence-corrected chi connectivity index (χ2v) is 16.7. The molecule has 3 heterocycles. The molecule has 0 radical (unpaired) electrons. The fourth-order valence-electron chi connectivity index (χ4n) is 6.12. The first-order valence-electron chi connectivity index (χ1n) is 18.6. The highest BCUT2D eigenvalue weighted by molar-refractivity contribution is 7.99. The van der Waals surface area contributed by atoms with E-state index in [4.69, 9.17) is 23.7 Å². The zero-order chi connectivity index (χ0) is 39.5. The summed E-state index contributed by atoms with van der Waals surface area (Å²) < 4.78 is 28.8. The van der Waals surface area contributed by atoms with Crippen molar-refractivity contribution in [2.24, 2.45) is 5.41 Å². The number of amides is 3. The summed E-state index contributed by atoms with van der Waals surface area (Å²) in [7, 11) is 0. The predicted molar refractivity (Wildman–Crippen MR) is 208 cm³/mol. The minimum Gasteiger partial charge on any atom is -0.459 e. The van der Waals surface area contributed by atoms with Gasteiger partial charge in [0.25, 0.3) is 0 Å². The number of benzene rings is 3. The molecule has 296 valence electrons. The van der Waals surface area contributed by atoms with Gasteiger partial charge in [0.2, 0.25) is 11.8 Å². The van der Waals surface area contributed by atoms with E-state index in [0.29, 0.717) is 25.6 Å². The topological polar surface area (TPSA) is 142 Å². The number of carbonyl (C=O) groups excluding carboxylic acids is 4. The molecule has 13 heteroatoms. The van der Waals surface area contributed by atoms with Crippen LogP contribution in [0.3, 0.4) is 0 Å². The summed E-state index contributed by atoms with van der Waals surface area (Å²) >= 11 is 1.55. The SMILES string of the molecule is CC(SCc1ccccc1)C(C(=O)NCC12OCC(C)(CO1)CO2)N(Cc1ccccc1)C(=O)CC[C@H](NC(=O)OC(C)(C)C)C(=O)OCc1ccccc1. The van der Waals surface area contributed by atoms with E-state index in [2.05, 4.69) is 10.6 Å². The Kier molecular flexibility index (Phi) is 14.4. The molecule has 2 N–H and O–H groups in total. The molecule has 3 amide bonds. The number of nitrogens with zero attached hydrogens (tertiary/aromatic N) is 1. The summed E-state index contributed by atoms with van der Waals surface area (Å²) in [5.41, 5.74) is 1.58. The number of fused-ring (bicyclic) bond motifs is 3. The smallest absolute Gasteiger partial charge is 0.408 e. The fourth-order valence-corrected chi connectivity index (χ4v) is 7.22. The number of alkyl carbamates (subject to hydrolysis) is 1. The molecule has 3 fully saturated rings. The molecule has 0 aromatic heterocycles. The van der Waals surface area contributed by atoms with E-state index >= 15 is 0 Å². The highest BCUT2D eigenvalue weighted by atomic mass is 32.2. The molecule has 6 rings (SSSR count). The predicted octanol–water partition coefficient (Wildman–Crippen LogP) is 5.98. The van der Waals surface area contributed by atoms with Crippen molar-refractivity contribution in [2.75, 3.05) is 26.4 Å². The molecule has 2 bridgehead atoms. The molecule has 0 spiro atoms. The van der Waals surface area contributed by atoms with Crippen molar-refractivity contribution in [2.45, 2.75) is 95.3 Å². The van der Waals surface area contributed by atoms with Gasteiger partial charge in [-0.3, -0.25) is 9.59 Å². The fraction of sp³-hybridized carbons (Fsp3) is 0.476. The van der Waals surface area contributed by atoms with Crippen LogP contribution < -0.4 is 10.6 Å². The van der Waals surface area contributed by atoms with Crippen LogP contribution in [0.25, 0.3) is 0 Å². The summed E-state index contributed by atoms with van der Waals surface area (Å²) in [5, 5.41) is 5.20. The van der Waals surface area contributed by atoms with Crippen molar-refractivity contribution in [3.05, 3.63) is 108 Å². The molecule has 0 aliphatic carbocycles. The Labute approximate surface area is 327 Å². The zero-order valence-electron chi connectivity index (χ0n) is 32.3. The average molecular weight is 776 g/mol. The monoisotopic (exact) mass is 775 g/mol. The Balaban J connectivity index is 1.38. The third-order valence-electron chi connectivity index (χ3n) is 9.17. The van der Waals surface area contributed by atoms with E-state index < -0.39 is 47.5 Å². The lowest BCUT2D eigenvalue weighted by Crippen LogP contribution is -2.64. The van der Waals surface area contributed by atoms with Crippen molar-refractivity contribution in [3.63, 3.8) is 0 Å². The highest BCUT2D eigenvalue weighted by Gasteiger charge is 2.51. The number of ether oxygens (including phenoxy) is 5. The van der Waals surface area contributed by atoms with Crippen LogP contribution in [0.4, 0.5) is 4.79 Å². The van der Waals surface area contributed by atoms with Gasteiger partial charge >= 0.3 is 18.0 Å². The third kappa shape index (κ3) is 12.5. The maximum absolute atomic E-state index is 14.5. The summed E-state index contributed by atoms with van der Waals surface area (Å²) in [6.07, 6.45) is -1.11. The first-order valence-corrected chi connectivity index (χ1v) is 19.7. The van der Waals surface area contributed by atoms with Gasteiger partial charge in [0.1, 0.15) is 24.3 Å². The number of hydrogen-bond acceptors (Lipinski definition) is 10. The van der Waals surface area contributed by atoms with Gasteiger partial charge in [0.15, 0.2) is 0 Å². The number of nitrogens with one attached hydrogen (secondary N) is 2. The first-order chi connectivity index (χ1) is 26.2. The number of esters is 1. The number of carbonyl (C=O) groups is 4. The van der Waals surface area contributed by atoms with Gasteiger partial charge < -0.3 is 39.2 Å². The summed E-state index contributed by atoms with van der Waals surface area (Å²) in [6, 6.07) is 26.3. The number of rotatable bonds is 17. The molecule has 3 aromatic rings. The standard InChI is InChI=1S/C42H53N3O9S/c1-30(55-25-33-19-13-8-14-20-33)36(37(47)43-26-42-51-27-41(5,28-52-42)29-53-42)45(23-31-15-9-6-10-16-31)35(46)22-21-34(44-39(49)54-40(2,3)4)38(48)50-24-32-17-11-7-12-18-32/h6-20,30,34,36H,21-29H2,1-5H3,(H,43,47)(H,44,49)/t30?,34-,36?,41?,42?/m0/s1. The average Bonchev–Trinajstić information content (AvgIpc) is 3.17. The molecule has 55 heavy (non-hydrogen) atoms. The quantitative estimate of drug-likeness (QED) is 0.158. The second kappa shape index (κ2) is 18.9. The minimum absolute atomic E-state index is 0.0173. The highest BCUT2D eigenvalue weighted by Crippen LogP contribution is 2.37. The maximum atomic E-state index is 14.5. The van der Waals surface area contributed by atoms with Gasteiger partial charge in [-0.25, -0.2) is 9.59 Å². The first kappa shape index (κ1) is 41.7. The molecule has 3 aliphatic rings. The van der Waals surface area contributed by atoms with Gasteiger partial charge in [-0.15, -0.1) is 0 Å². The molecular weight excluding hydrogens is 723 g/mol. The van der Waals surface area contributed by atoms with Crippen molar-refractivity contribution in [1.82, 2.24) is 15.5 Å². The summed E-state index contributed by atoms with van der Waals surface area (Å²) in [6.45, 7) is 10.4. The Morgan fingerprint density at radius 3 is 1.95 bits per heavy atom. The Morgan fingerprint density at radius 2 is 1.38 bits per heavy atom. The Bertz CT molecular complexity index is 1700. The van der Waals surface area contributed by atoms with Crippen LogP contribution >= 0.6 is 11.8 Å². The summed E-state index contributed by atoms with van der Waals surface area (Å²) in [4.78, 5) is 56.8. The van der Waals surface area contributed by atoms with Gasteiger partial charge in [-0.2, -0.15) is 11.8 Å². The molecule has 3 atom stereocenters. The van der Waals surface area contributed by atoms with E-state index in [1.54, 1.807) is 37.4 Å². The minimum atomic E-state index is -1.41. The Morgan fingerprint density at radius 1 is 0.836 bits per heavy atom. The lowest BCUT2D eigenvalue weighted by atomic mass is 9.92. The third-order valence-corrected chi connectivity index (χ3v) is 10.5. The summed E-state index contributed by atoms with van der Waals surface area (Å²) in [5.74, 6) is -2.32. The van der Waals surface area contributed by atoms with Crippen molar-refractivity contribution < 1.29 is 42.9 Å². The van der Waals surface area contributed by atoms with Gasteiger partial charge in [-0.1, -0.05) is 105 Å². The second-order valence-electron chi connectivity index (χ2n) is 15.4. The van der Waals surface area contributed by atoms with Crippen LogP contribution in [0.1, 0.15) is 64.2 Å². The van der Waals surface area contributed by atoms with Crippen LogP contribution in [-0.2, 0) is 57.0 Å². The van der Waals surface area contributed by atoms with Crippen molar-refractivity contribution in [3.8, 4) is 0 Å². The molecule has 3 aliphatic heterocycles. The van der Waals surface area contributed by atoms with Gasteiger partial charge in [0.05, 0.1) is 26.4 Å². The van der Waals surface area contributed by atoms with Crippen LogP contribution in [0.5, 0.6) is 0 Å². The molecule has 0 saturated carbocycles. The molecule has 3 saturated heterocycles. The van der Waals surface area contributed by atoms with Gasteiger partial charge in [-0.05, 0) is 43.9 Å². The van der Waals surface area contributed by atoms with E-state index in [1.165, 1.54) is 0 Å². The molecular formula is C42H53N3O9S. The molecule has 3 aromatic carbocycles. The Hall–Kier alpha value is -4.43. The van der Waals surface area contributed by atoms with E-state index in [0.717, 1.165) is 16.7 Å². The maximum Gasteiger partial charge on any atom is 0.408 e. The van der Waals surface area contributed by atoms with Gasteiger partial charge in [0, 0.05) is 29.4 Å². The van der Waals surface area contributed by atoms with Crippen molar-refractivity contribution >= 4 is 35.6 Å². The molecule has 12 nitrogen and oxygen atoms in total. The lowest BCUT2D eigenvalue weighted by Gasteiger charge is -2.50. The normalized spacial score (nSPS) is 20.7. The van der Waals surface area contributed by atoms with Crippen LogP contribution in [-0.4, -0.2) is 84.1 Å².